The molecule has 1 aromatic rings. The van der Waals surface area contributed by atoms with Crippen LogP contribution >= 0.6 is 0 Å². The number of hydrogen-bond acceptors (Lipinski definition) is 2. The van der Waals surface area contributed by atoms with E-state index in [2.05, 4.69) is 48.4 Å². The van der Waals surface area contributed by atoms with Crippen molar-refractivity contribution in [3.8, 4) is 0 Å². The number of nitrogens with zero attached hydrogens (tertiary/aromatic N) is 3. The molecule has 4 heteroatoms. The number of aromatic nitrogens is 4. The van der Waals surface area contributed by atoms with E-state index >= 15 is 0 Å². The number of hydrogen-bond donors (Lipinski definition) is 1. The zero-order chi connectivity index (χ0) is 10.2. The molecule has 14 heavy (non-hydrogen) atoms. The first-order valence-electron chi connectivity index (χ1n) is 4.75. The SMILES string of the molecule is CC1=CC(C)([n+]2cnn[nH]2)CC(C)=C1. The molecule has 1 N–H and O–H groups in total. The van der Waals surface area contributed by atoms with Gasteiger partial charge in [0.05, 0.1) is 0 Å². The van der Waals surface area contributed by atoms with Crippen LogP contribution in [0.15, 0.2) is 29.6 Å². The van der Waals surface area contributed by atoms with E-state index in [1.54, 1.807) is 6.33 Å². The number of allylic oxidation sites excluding steroid dienone is 4. The van der Waals surface area contributed by atoms with Crippen molar-refractivity contribution in [2.75, 3.05) is 0 Å². The molecule has 0 fully saturated rings. The molecule has 0 bridgehead atoms. The van der Waals surface area contributed by atoms with E-state index in [0.717, 1.165) is 6.42 Å². The van der Waals surface area contributed by atoms with Crippen molar-refractivity contribution in [1.29, 1.82) is 0 Å². The Morgan fingerprint density at radius 3 is 2.86 bits per heavy atom. The normalized spacial score (nSPS) is 27.1. The van der Waals surface area contributed by atoms with Crippen LogP contribution in [0.25, 0.3) is 0 Å². The van der Waals surface area contributed by atoms with Crippen molar-refractivity contribution >= 4 is 0 Å². The predicted molar refractivity (Wildman–Crippen MR) is 52.4 cm³/mol. The summed E-state index contributed by atoms with van der Waals surface area (Å²) in [5, 5.41) is 10.4. The fourth-order valence-electron chi connectivity index (χ4n) is 2.17. The zero-order valence-electron chi connectivity index (χ0n) is 8.78. The maximum Gasteiger partial charge on any atom is 0.289 e. The standard InChI is InChI=1S/C10H14N4/c1-8-4-9(2)6-10(3,5-8)14-7-11-12-13-14/h4-5,7H,6H2,1-3H3/p+1. The van der Waals surface area contributed by atoms with Crippen LogP contribution in [0.4, 0.5) is 0 Å². The summed E-state index contributed by atoms with van der Waals surface area (Å²) in [7, 11) is 0. The lowest BCUT2D eigenvalue weighted by Gasteiger charge is -2.26. The number of H-pyrrole nitrogens is 1. The fourth-order valence-corrected chi connectivity index (χ4v) is 2.17. The van der Waals surface area contributed by atoms with E-state index in [0.29, 0.717) is 0 Å². The van der Waals surface area contributed by atoms with Gasteiger partial charge in [0.2, 0.25) is 0 Å². The summed E-state index contributed by atoms with van der Waals surface area (Å²) in [5.41, 5.74) is 2.62. The van der Waals surface area contributed by atoms with E-state index in [1.165, 1.54) is 11.1 Å². The third-order valence-electron chi connectivity index (χ3n) is 2.58. The lowest BCUT2D eigenvalue weighted by Crippen LogP contribution is -2.55. The van der Waals surface area contributed by atoms with Crippen molar-refractivity contribution < 1.29 is 4.68 Å². The Balaban J connectivity index is 2.40. The van der Waals surface area contributed by atoms with Gasteiger partial charge in [-0.1, -0.05) is 22.4 Å². The number of nitrogens with one attached hydrogen (secondary N) is 1. The molecule has 2 rings (SSSR count). The number of rotatable bonds is 1. The molecule has 0 saturated carbocycles. The molecule has 0 radical (unpaired) electrons. The number of aromatic amines is 1. The van der Waals surface area contributed by atoms with Crippen LogP contribution in [0.1, 0.15) is 27.2 Å². The maximum atomic E-state index is 3.80. The smallest absolute Gasteiger partial charge is 0.155 e. The topological polar surface area (TPSA) is 45.5 Å². The molecule has 0 spiro atoms. The molecule has 1 unspecified atom stereocenters. The van der Waals surface area contributed by atoms with Crippen LogP contribution in [0, 0.1) is 0 Å². The van der Waals surface area contributed by atoms with Gasteiger partial charge >= 0.3 is 0 Å². The minimum atomic E-state index is -0.0492. The highest BCUT2D eigenvalue weighted by molar-refractivity contribution is 5.28. The van der Waals surface area contributed by atoms with Crippen LogP contribution < -0.4 is 4.68 Å². The molecule has 0 aromatic carbocycles. The van der Waals surface area contributed by atoms with E-state index < -0.39 is 0 Å². The third-order valence-corrected chi connectivity index (χ3v) is 2.58. The van der Waals surface area contributed by atoms with Gasteiger partial charge in [0.1, 0.15) is 10.6 Å². The minimum Gasteiger partial charge on any atom is -0.155 e. The molecule has 4 nitrogen and oxygen atoms in total. The Morgan fingerprint density at radius 2 is 2.29 bits per heavy atom. The Hall–Kier alpha value is -1.45. The van der Waals surface area contributed by atoms with Crippen molar-refractivity contribution in [2.24, 2.45) is 0 Å². The van der Waals surface area contributed by atoms with Crippen LogP contribution in [0.5, 0.6) is 0 Å². The van der Waals surface area contributed by atoms with Gasteiger partial charge in [-0.15, -0.1) is 0 Å². The second kappa shape index (κ2) is 3.04. The molecule has 1 aromatic heterocycles. The van der Waals surface area contributed by atoms with E-state index in [-0.39, 0.29) is 5.54 Å². The molecule has 0 aliphatic heterocycles. The van der Waals surface area contributed by atoms with Crippen molar-refractivity contribution in [3.05, 3.63) is 29.6 Å². The van der Waals surface area contributed by atoms with Crippen molar-refractivity contribution in [3.63, 3.8) is 0 Å². The lowest BCUT2D eigenvalue weighted by molar-refractivity contribution is -0.802. The van der Waals surface area contributed by atoms with E-state index in [1.807, 2.05) is 4.68 Å². The van der Waals surface area contributed by atoms with Gasteiger partial charge in [-0.05, 0) is 26.8 Å². The highest BCUT2D eigenvalue weighted by Gasteiger charge is 2.31. The summed E-state index contributed by atoms with van der Waals surface area (Å²) in [6, 6.07) is 0. The molecular weight excluding hydrogens is 176 g/mol. The van der Waals surface area contributed by atoms with E-state index in [9.17, 15) is 0 Å². The van der Waals surface area contributed by atoms with Crippen LogP contribution in [0.2, 0.25) is 0 Å². The third kappa shape index (κ3) is 1.47. The molecule has 1 heterocycles. The van der Waals surface area contributed by atoms with Crippen LogP contribution in [0.3, 0.4) is 0 Å². The van der Waals surface area contributed by atoms with Crippen LogP contribution in [-0.2, 0) is 5.54 Å². The van der Waals surface area contributed by atoms with Gasteiger partial charge in [-0.25, -0.2) is 0 Å². The van der Waals surface area contributed by atoms with Gasteiger partial charge in [0.15, 0.2) is 5.21 Å². The first kappa shape index (κ1) is 9.12. The van der Waals surface area contributed by atoms with Gasteiger partial charge in [-0.3, -0.25) is 0 Å². The molecule has 1 atom stereocenters. The van der Waals surface area contributed by atoms with Gasteiger partial charge in [0, 0.05) is 6.42 Å². The Kier molecular flexibility index (Phi) is 1.98. The summed E-state index contributed by atoms with van der Waals surface area (Å²) >= 11 is 0. The van der Waals surface area contributed by atoms with E-state index in [4.69, 9.17) is 0 Å². The maximum absolute atomic E-state index is 3.80. The summed E-state index contributed by atoms with van der Waals surface area (Å²) in [6.45, 7) is 6.44. The minimum absolute atomic E-state index is 0.0492. The Bertz CT molecular complexity index is 388. The quantitative estimate of drug-likeness (QED) is 0.676. The second-order valence-electron chi connectivity index (χ2n) is 4.21. The summed E-state index contributed by atoms with van der Waals surface area (Å²) in [4.78, 5) is 0. The van der Waals surface area contributed by atoms with Gasteiger partial charge in [-0.2, -0.15) is 4.68 Å². The van der Waals surface area contributed by atoms with Crippen molar-refractivity contribution in [1.82, 2.24) is 15.5 Å². The highest BCUT2D eigenvalue weighted by atomic mass is 15.5. The van der Waals surface area contributed by atoms with Gasteiger partial charge in [0.25, 0.3) is 6.33 Å². The zero-order valence-corrected chi connectivity index (χ0v) is 8.78. The average Bonchev–Trinajstić information content (AvgIpc) is 2.52. The molecule has 0 amide bonds. The summed E-state index contributed by atoms with van der Waals surface area (Å²) in [5.74, 6) is 0. The first-order valence-corrected chi connectivity index (χ1v) is 4.75. The first-order chi connectivity index (χ1) is 6.60. The largest absolute Gasteiger partial charge is 0.289 e. The molecule has 1 aliphatic carbocycles. The lowest BCUT2D eigenvalue weighted by atomic mass is 9.86. The Morgan fingerprint density at radius 1 is 1.50 bits per heavy atom. The predicted octanol–water partition coefficient (Wildman–Crippen LogP) is 1.10. The van der Waals surface area contributed by atoms with Gasteiger partial charge < -0.3 is 0 Å². The number of tetrazole rings is 1. The molecule has 0 saturated heterocycles. The molecule has 74 valence electrons. The summed E-state index contributed by atoms with van der Waals surface area (Å²) < 4.78 is 1.94. The molecular formula is C10H15N4+. The fraction of sp³-hybridized carbons (Fsp3) is 0.500. The van der Waals surface area contributed by atoms with Crippen LogP contribution in [-0.4, -0.2) is 15.5 Å². The Labute approximate surface area is 83.3 Å². The highest BCUT2D eigenvalue weighted by Crippen LogP contribution is 2.27. The van der Waals surface area contributed by atoms with Crippen molar-refractivity contribution in [2.45, 2.75) is 32.7 Å². The summed E-state index contributed by atoms with van der Waals surface area (Å²) in [6.07, 6.45) is 7.17. The second-order valence-corrected chi connectivity index (χ2v) is 4.21. The monoisotopic (exact) mass is 191 g/mol. The molecule has 1 aliphatic rings. The average molecular weight is 191 g/mol.